The van der Waals surface area contributed by atoms with Crippen molar-refractivity contribution in [3.8, 4) is 0 Å². The third-order valence-electron chi connectivity index (χ3n) is 3.43. The van der Waals surface area contributed by atoms with Gasteiger partial charge < -0.3 is 10.4 Å². The lowest BCUT2D eigenvalue weighted by Gasteiger charge is -2.08. The molecule has 0 spiro atoms. The van der Waals surface area contributed by atoms with Crippen LogP contribution < -0.4 is 5.32 Å². The maximum atomic E-state index is 11.9. The van der Waals surface area contributed by atoms with Crippen molar-refractivity contribution >= 4 is 40.5 Å². The van der Waals surface area contributed by atoms with Gasteiger partial charge in [0.1, 0.15) is 0 Å². The van der Waals surface area contributed by atoms with E-state index in [9.17, 15) is 9.59 Å². The van der Waals surface area contributed by atoms with Crippen LogP contribution in [-0.4, -0.2) is 17.0 Å². The Labute approximate surface area is 144 Å². The van der Waals surface area contributed by atoms with Gasteiger partial charge in [-0.1, -0.05) is 30.7 Å². The first kappa shape index (κ1) is 17.5. The number of benzene rings is 1. The minimum absolute atomic E-state index is 0.0545. The van der Waals surface area contributed by atoms with Gasteiger partial charge >= 0.3 is 5.97 Å². The van der Waals surface area contributed by atoms with Crippen LogP contribution in [0.5, 0.6) is 0 Å². The number of aliphatic carboxylic acids is 1. The summed E-state index contributed by atoms with van der Waals surface area (Å²) < 4.78 is 0.728. The van der Waals surface area contributed by atoms with Crippen LogP contribution in [0.4, 0.5) is 5.69 Å². The molecule has 0 saturated heterocycles. The highest BCUT2D eigenvalue weighted by Crippen LogP contribution is 2.22. The molecule has 0 saturated carbocycles. The number of carboxylic acids is 1. The molecule has 0 bridgehead atoms. The zero-order valence-electron chi connectivity index (χ0n) is 12.7. The Morgan fingerprint density at radius 3 is 2.48 bits per heavy atom. The second kappa shape index (κ2) is 8.13. The first-order valence-electron chi connectivity index (χ1n) is 7.30. The lowest BCUT2D eigenvalue weighted by molar-refractivity contribution is -0.141. The monoisotopic (exact) mass is 351 g/mol. The number of thiophene rings is 1. The molecule has 6 heteroatoms. The van der Waals surface area contributed by atoms with Gasteiger partial charge in [-0.05, 0) is 42.7 Å². The summed E-state index contributed by atoms with van der Waals surface area (Å²) in [5, 5.41) is 11.7. The molecule has 0 fully saturated rings. The van der Waals surface area contributed by atoms with Crippen molar-refractivity contribution in [2.24, 2.45) is 5.92 Å². The second-order valence-corrected chi connectivity index (χ2v) is 7.19. The van der Waals surface area contributed by atoms with Crippen LogP contribution in [0.2, 0.25) is 4.34 Å². The number of hydrogen-bond acceptors (Lipinski definition) is 3. The minimum Gasteiger partial charge on any atom is -0.481 e. The number of carbonyl (C=O) groups is 2. The normalized spacial score (nSPS) is 11.9. The summed E-state index contributed by atoms with van der Waals surface area (Å²) in [4.78, 5) is 23.9. The highest BCUT2D eigenvalue weighted by atomic mass is 35.5. The minimum atomic E-state index is -0.809. The molecule has 2 aromatic rings. The molecule has 1 aromatic carbocycles. The van der Waals surface area contributed by atoms with E-state index in [-0.39, 0.29) is 5.91 Å². The van der Waals surface area contributed by atoms with Crippen molar-refractivity contribution in [3.63, 3.8) is 0 Å². The van der Waals surface area contributed by atoms with Crippen LogP contribution in [0.25, 0.3) is 0 Å². The molecule has 1 atom stereocenters. The third kappa shape index (κ3) is 5.69. The van der Waals surface area contributed by atoms with Crippen LogP contribution in [0.1, 0.15) is 23.8 Å². The van der Waals surface area contributed by atoms with Crippen molar-refractivity contribution < 1.29 is 14.7 Å². The van der Waals surface area contributed by atoms with E-state index in [0.717, 1.165) is 14.8 Å². The summed E-state index contributed by atoms with van der Waals surface area (Å²) in [7, 11) is 0. The smallest absolute Gasteiger partial charge is 0.306 e. The molecule has 1 unspecified atom stereocenters. The van der Waals surface area contributed by atoms with E-state index in [1.54, 1.807) is 19.1 Å². The van der Waals surface area contributed by atoms with E-state index in [4.69, 9.17) is 16.7 Å². The number of hydrogen-bond donors (Lipinski definition) is 2. The van der Waals surface area contributed by atoms with Gasteiger partial charge in [0.05, 0.1) is 10.3 Å². The summed E-state index contributed by atoms with van der Waals surface area (Å²) in [5.41, 5.74) is 1.65. The van der Waals surface area contributed by atoms with Gasteiger partial charge in [-0.2, -0.15) is 0 Å². The topological polar surface area (TPSA) is 66.4 Å². The highest BCUT2D eigenvalue weighted by Gasteiger charge is 2.11. The van der Waals surface area contributed by atoms with E-state index in [2.05, 4.69) is 5.32 Å². The van der Waals surface area contributed by atoms with Gasteiger partial charge in [-0.15, -0.1) is 11.3 Å². The Morgan fingerprint density at radius 2 is 1.91 bits per heavy atom. The number of carbonyl (C=O) groups excluding carboxylic acids is 1. The predicted octanol–water partition coefficient (Wildman–Crippen LogP) is 4.24. The lowest BCUT2D eigenvalue weighted by atomic mass is 10.0. The maximum Gasteiger partial charge on any atom is 0.306 e. The zero-order chi connectivity index (χ0) is 16.8. The molecule has 2 rings (SSSR count). The van der Waals surface area contributed by atoms with Gasteiger partial charge in [-0.25, -0.2) is 0 Å². The Hall–Kier alpha value is -1.85. The van der Waals surface area contributed by atoms with Gasteiger partial charge in [0.25, 0.3) is 0 Å². The van der Waals surface area contributed by atoms with Crippen LogP contribution in [0.3, 0.4) is 0 Å². The Balaban J connectivity index is 1.82. The number of halogens is 1. The summed E-state index contributed by atoms with van der Waals surface area (Å²) in [5.74, 6) is -1.29. The SMILES string of the molecule is CC(Cc1ccc(NC(=O)CCc2ccc(Cl)s2)cc1)C(=O)O. The molecule has 0 aliphatic heterocycles. The molecule has 2 N–H and O–H groups in total. The molecular weight excluding hydrogens is 334 g/mol. The fourth-order valence-electron chi connectivity index (χ4n) is 2.11. The van der Waals surface area contributed by atoms with Crippen LogP contribution >= 0.6 is 22.9 Å². The molecule has 122 valence electrons. The molecule has 23 heavy (non-hydrogen) atoms. The molecular formula is C17H18ClNO3S. The van der Waals surface area contributed by atoms with Gasteiger partial charge in [0, 0.05) is 17.0 Å². The largest absolute Gasteiger partial charge is 0.481 e. The van der Waals surface area contributed by atoms with Crippen LogP contribution in [0, 0.1) is 5.92 Å². The Morgan fingerprint density at radius 1 is 1.22 bits per heavy atom. The second-order valence-electron chi connectivity index (χ2n) is 5.39. The lowest BCUT2D eigenvalue weighted by Crippen LogP contribution is -2.13. The molecule has 1 aromatic heterocycles. The van der Waals surface area contributed by atoms with Crippen LogP contribution in [0.15, 0.2) is 36.4 Å². The fraction of sp³-hybridized carbons (Fsp3) is 0.294. The third-order valence-corrected chi connectivity index (χ3v) is 4.72. The number of anilines is 1. The molecule has 4 nitrogen and oxygen atoms in total. The van der Waals surface area contributed by atoms with Crippen molar-refractivity contribution in [1.82, 2.24) is 0 Å². The maximum absolute atomic E-state index is 11.9. The van der Waals surface area contributed by atoms with Gasteiger partial charge in [-0.3, -0.25) is 9.59 Å². The van der Waals surface area contributed by atoms with Crippen molar-refractivity contribution in [1.29, 1.82) is 0 Å². The predicted molar refractivity (Wildman–Crippen MR) is 93.2 cm³/mol. The molecule has 0 radical (unpaired) electrons. The van der Waals surface area contributed by atoms with E-state index in [0.29, 0.717) is 24.9 Å². The summed E-state index contributed by atoms with van der Waals surface area (Å²) in [6.45, 7) is 1.68. The first-order valence-corrected chi connectivity index (χ1v) is 8.49. The molecule has 1 amide bonds. The van der Waals surface area contributed by atoms with Crippen molar-refractivity contribution in [3.05, 3.63) is 51.2 Å². The number of carboxylic acid groups (broad SMARTS) is 1. The summed E-state index contributed by atoms with van der Waals surface area (Å²) >= 11 is 7.34. The molecule has 1 heterocycles. The van der Waals surface area contributed by atoms with E-state index >= 15 is 0 Å². The number of aryl methyl sites for hydroxylation is 1. The Kier molecular flexibility index (Phi) is 6.19. The van der Waals surface area contributed by atoms with E-state index in [1.807, 2.05) is 24.3 Å². The van der Waals surface area contributed by atoms with E-state index < -0.39 is 11.9 Å². The van der Waals surface area contributed by atoms with E-state index in [1.165, 1.54) is 11.3 Å². The van der Waals surface area contributed by atoms with Crippen molar-refractivity contribution in [2.45, 2.75) is 26.2 Å². The number of rotatable bonds is 7. The van der Waals surface area contributed by atoms with Gasteiger partial charge in [0.15, 0.2) is 0 Å². The van der Waals surface area contributed by atoms with Crippen molar-refractivity contribution in [2.75, 3.05) is 5.32 Å². The quantitative estimate of drug-likeness (QED) is 0.784. The van der Waals surface area contributed by atoms with Gasteiger partial charge in [0.2, 0.25) is 5.91 Å². The summed E-state index contributed by atoms with van der Waals surface area (Å²) in [6.07, 6.45) is 1.54. The van der Waals surface area contributed by atoms with Crippen LogP contribution in [-0.2, 0) is 22.4 Å². The number of nitrogens with one attached hydrogen (secondary N) is 1. The Bertz CT molecular complexity index is 681. The molecule has 0 aliphatic carbocycles. The average molecular weight is 352 g/mol. The zero-order valence-corrected chi connectivity index (χ0v) is 14.3. The number of amides is 1. The molecule has 0 aliphatic rings. The first-order chi connectivity index (χ1) is 10.9. The summed E-state index contributed by atoms with van der Waals surface area (Å²) in [6, 6.07) is 11.0. The average Bonchev–Trinajstić information content (AvgIpc) is 2.92. The fourth-order valence-corrected chi connectivity index (χ4v) is 3.20. The standard InChI is InChI=1S/C17H18ClNO3S/c1-11(17(21)22)10-12-2-4-13(5-3-12)19-16(20)9-7-14-6-8-15(18)23-14/h2-6,8,11H,7,9-10H2,1H3,(H,19,20)(H,21,22). The highest BCUT2D eigenvalue weighted by molar-refractivity contribution is 7.16.